The van der Waals surface area contributed by atoms with Crippen molar-refractivity contribution in [1.29, 1.82) is 0 Å². The Kier molecular flexibility index (Phi) is 9.27. The normalized spacial score (nSPS) is 18.7. The highest BCUT2D eigenvalue weighted by atomic mass is 127. The standard InChI is InChI=1S/C17H28N4S.HI/c1-5-18-17(19-11-15-8-6-7-14(4)20-15)21-9-10-22-16(12-21)13(2)3;/h6-8,13,16H,5,9-12H2,1-4H3,(H,18,19);1H. The minimum Gasteiger partial charge on any atom is -0.357 e. The van der Waals surface area contributed by atoms with Gasteiger partial charge >= 0.3 is 0 Å². The summed E-state index contributed by atoms with van der Waals surface area (Å²) in [5.74, 6) is 2.90. The molecule has 1 atom stereocenters. The number of nitrogens with zero attached hydrogens (tertiary/aromatic N) is 3. The summed E-state index contributed by atoms with van der Waals surface area (Å²) in [7, 11) is 0. The van der Waals surface area contributed by atoms with Crippen LogP contribution in [0.25, 0.3) is 0 Å². The van der Waals surface area contributed by atoms with Crippen LogP contribution < -0.4 is 5.32 Å². The lowest BCUT2D eigenvalue weighted by molar-refractivity contribution is 0.380. The average Bonchev–Trinajstić information content (AvgIpc) is 2.51. The van der Waals surface area contributed by atoms with Gasteiger partial charge in [-0.05, 0) is 31.9 Å². The van der Waals surface area contributed by atoms with E-state index < -0.39 is 0 Å². The molecule has 0 spiro atoms. The number of hydrogen-bond donors (Lipinski definition) is 1. The number of aryl methyl sites for hydroxylation is 1. The third-order valence-corrected chi connectivity index (χ3v) is 5.35. The van der Waals surface area contributed by atoms with Crippen LogP contribution in [0, 0.1) is 12.8 Å². The molecular formula is C17H29IN4S. The Labute approximate surface area is 161 Å². The first-order valence-electron chi connectivity index (χ1n) is 8.17. The van der Waals surface area contributed by atoms with E-state index >= 15 is 0 Å². The molecule has 0 amide bonds. The van der Waals surface area contributed by atoms with Crippen molar-refractivity contribution >= 4 is 41.7 Å². The number of halogens is 1. The molecule has 0 aromatic carbocycles. The highest BCUT2D eigenvalue weighted by molar-refractivity contribution is 14.0. The van der Waals surface area contributed by atoms with Crippen molar-refractivity contribution in [3.8, 4) is 0 Å². The van der Waals surface area contributed by atoms with Gasteiger partial charge in [0.05, 0.1) is 12.2 Å². The maximum atomic E-state index is 4.80. The number of nitrogens with one attached hydrogen (secondary N) is 1. The zero-order chi connectivity index (χ0) is 15.9. The van der Waals surface area contributed by atoms with Gasteiger partial charge < -0.3 is 10.2 Å². The summed E-state index contributed by atoms with van der Waals surface area (Å²) in [4.78, 5) is 11.7. The minimum atomic E-state index is 0. The van der Waals surface area contributed by atoms with Gasteiger partial charge in [0.15, 0.2) is 5.96 Å². The molecule has 6 heteroatoms. The first kappa shape index (κ1) is 20.5. The van der Waals surface area contributed by atoms with Crippen molar-refractivity contribution in [2.24, 2.45) is 10.9 Å². The van der Waals surface area contributed by atoms with E-state index in [0.717, 1.165) is 37.0 Å². The van der Waals surface area contributed by atoms with Crippen LogP contribution in [0.4, 0.5) is 0 Å². The second-order valence-electron chi connectivity index (χ2n) is 6.04. The molecule has 0 bridgehead atoms. The Morgan fingerprint density at radius 2 is 2.26 bits per heavy atom. The summed E-state index contributed by atoms with van der Waals surface area (Å²) in [6.45, 7) is 12.4. The summed E-state index contributed by atoms with van der Waals surface area (Å²) in [5, 5.41) is 4.13. The molecule has 1 aliphatic heterocycles. The van der Waals surface area contributed by atoms with E-state index in [2.05, 4.69) is 47.7 Å². The minimum absolute atomic E-state index is 0. The highest BCUT2D eigenvalue weighted by Crippen LogP contribution is 2.24. The maximum absolute atomic E-state index is 4.80. The smallest absolute Gasteiger partial charge is 0.194 e. The second-order valence-corrected chi connectivity index (χ2v) is 7.39. The predicted molar refractivity (Wildman–Crippen MR) is 112 cm³/mol. The van der Waals surface area contributed by atoms with Gasteiger partial charge in [-0.25, -0.2) is 4.99 Å². The summed E-state index contributed by atoms with van der Waals surface area (Å²) in [5.41, 5.74) is 2.08. The van der Waals surface area contributed by atoms with Gasteiger partial charge in [0.2, 0.25) is 0 Å². The van der Waals surface area contributed by atoms with Crippen LogP contribution in [0.5, 0.6) is 0 Å². The molecule has 1 fully saturated rings. The van der Waals surface area contributed by atoms with Crippen molar-refractivity contribution in [3.63, 3.8) is 0 Å². The monoisotopic (exact) mass is 448 g/mol. The number of rotatable bonds is 4. The molecular weight excluding hydrogens is 419 g/mol. The van der Waals surface area contributed by atoms with E-state index in [0.29, 0.717) is 17.7 Å². The summed E-state index contributed by atoms with van der Waals surface area (Å²) >= 11 is 2.09. The third kappa shape index (κ3) is 6.49. The lowest BCUT2D eigenvalue weighted by Gasteiger charge is -2.36. The first-order chi connectivity index (χ1) is 10.6. The Morgan fingerprint density at radius 3 is 2.91 bits per heavy atom. The van der Waals surface area contributed by atoms with E-state index in [-0.39, 0.29) is 24.0 Å². The number of thioether (sulfide) groups is 1. The van der Waals surface area contributed by atoms with Gasteiger partial charge in [-0.15, -0.1) is 24.0 Å². The zero-order valence-corrected chi connectivity index (χ0v) is 17.7. The van der Waals surface area contributed by atoms with Gasteiger partial charge in [0.1, 0.15) is 0 Å². The van der Waals surface area contributed by atoms with Crippen molar-refractivity contribution in [2.45, 2.75) is 39.5 Å². The molecule has 1 N–H and O–H groups in total. The van der Waals surface area contributed by atoms with Crippen molar-refractivity contribution in [1.82, 2.24) is 15.2 Å². The third-order valence-electron chi connectivity index (χ3n) is 3.81. The van der Waals surface area contributed by atoms with Crippen LogP contribution in [0.2, 0.25) is 0 Å². The Balaban J connectivity index is 0.00000264. The molecule has 130 valence electrons. The molecule has 1 aromatic heterocycles. The van der Waals surface area contributed by atoms with Crippen molar-refractivity contribution in [3.05, 3.63) is 29.6 Å². The lowest BCUT2D eigenvalue weighted by atomic mass is 10.1. The Hall–Kier alpha value is -0.500. The predicted octanol–water partition coefficient (Wildman–Crippen LogP) is 3.55. The molecule has 2 rings (SSSR count). The van der Waals surface area contributed by atoms with Crippen molar-refractivity contribution < 1.29 is 0 Å². The fourth-order valence-corrected chi connectivity index (χ4v) is 3.84. The molecule has 0 aliphatic carbocycles. The van der Waals surface area contributed by atoms with Gasteiger partial charge in [-0.1, -0.05) is 19.9 Å². The van der Waals surface area contributed by atoms with E-state index in [1.165, 1.54) is 5.75 Å². The van der Waals surface area contributed by atoms with E-state index in [1.54, 1.807) is 0 Å². The quantitative estimate of drug-likeness (QED) is 0.435. The first-order valence-corrected chi connectivity index (χ1v) is 9.22. The van der Waals surface area contributed by atoms with Crippen LogP contribution in [0.3, 0.4) is 0 Å². The second kappa shape index (κ2) is 10.4. The summed E-state index contributed by atoms with van der Waals surface area (Å²) < 4.78 is 0. The number of hydrogen-bond acceptors (Lipinski definition) is 3. The van der Waals surface area contributed by atoms with E-state index in [9.17, 15) is 0 Å². The van der Waals surface area contributed by atoms with Gasteiger partial charge in [-0.2, -0.15) is 11.8 Å². The Bertz CT molecular complexity index is 507. The molecule has 1 unspecified atom stereocenters. The fraction of sp³-hybridized carbons (Fsp3) is 0.647. The molecule has 4 nitrogen and oxygen atoms in total. The van der Waals surface area contributed by atoms with Crippen LogP contribution in [-0.2, 0) is 6.54 Å². The fourth-order valence-electron chi connectivity index (χ4n) is 2.54. The molecule has 1 saturated heterocycles. The molecule has 1 aromatic rings. The van der Waals surface area contributed by atoms with E-state index in [4.69, 9.17) is 4.99 Å². The number of aliphatic imine (C=N–C) groups is 1. The van der Waals surface area contributed by atoms with Crippen LogP contribution >= 0.6 is 35.7 Å². The number of guanidine groups is 1. The molecule has 23 heavy (non-hydrogen) atoms. The SMILES string of the molecule is CCNC(=NCc1cccc(C)n1)N1CCSC(C(C)C)C1.I. The topological polar surface area (TPSA) is 40.5 Å². The zero-order valence-electron chi connectivity index (χ0n) is 14.6. The van der Waals surface area contributed by atoms with Gasteiger partial charge in [0.25, 0.3) is 0 Å². The van der Waals surface area contributed by atoms with Crippen molar-refractivity contribution in [2.75, 3.05) is 25.4 Å². The van der Waals surface area contributed by atoms with Crippen LogP contribution in [0.15, 0.2) is 23.2 Å². The number of pyridine rings is 1. The van der Waals surface area contributed by atoms with Gasteiger partial charge in [0, 0.05) is 36.3 Å². The summed E-state index contributed by atoms with van der Waals surface area (Å²) in [6.07, 6.45) is 0. The Morgan fingerprint density at radius 1 is 1.48 bits per heavy atom. The highest BCUT2D eigenvalue weighted by Gasteiger charge is 2.24. The van der Waals surface area contributed by atoms with Crippen LogP contribution in [0.1, 0.15) is 32.2 Å². The lowest BCUT2D eigenvalue weighted by Crippen LogP contribution is -2.49. The van der Waals surface area contributed by atoms with Gasteiger partial charge in [-0.3, -0.25) is 4.98 Å². The molecule has 2 heterocycles. The average molecular weight is 448 g/mol. The van der Waals surface area contributed by atoms with E-state index in [1.807, 2.05) is 25.1 Å². The molecule has 1 aliphatic rings. The maximum Gasteiger partial charge on any atom is 0.194 e. The number of aromatic nitrogens is 1. The van der Waals surface area contributed by atoms with Crippen LogP contribution in [-0.4, -0.2) is 46.5 Å². The summed E-state index contributed by atoms with van der Waals surface area (Å²) in [6, 6.07) is 6.11. The largest absolute Gasteiger partial charge is 0.357 e. The molecule has 0 saturated carbocycles. The molecule has 0 radical (unpaired) electrons.